The number of rotatable bonds is 4. The van der Waals surface area contributed by atoms with Crippen LogP contribution < -0.4 is 9.65 Å². The predicted molar refractivity (Wildman–Crippen MR) is 75.3 cm³/mol. The lowest BCUT2D eigenvalue weighted by atomic mass is 9.80. The molecule has 0 fully saturated rings. The molecule has 20 heavy (non-hydrogen) atoms. The van der Waals surface area contributed by atoms with Gasteiger partial charge in [0, 0.05) is 0 Å². The summed E-state index contributed by atoms with van der Waals surface area (Å²) in [5, 5.41) is 18.1. The maximum absolute atomic E-state index is 12.0. The van der Waals surface area contributed by atoms with E-state index in [1.165, 1.54) is 36.4 Å². The summed E-state index contributed by atoms with van der Waals surface area (Å²) in [5.74, 6) is 0.0242. The van der Waals surface area contributed by atoms with Crippen molar-refractivity contribution in [1.29, 1.82) is 0 Å². The van der Waals surface area contributed by atoms with Crippen LogP contribution in [0.15, 0.2) is 53.4 Å². The first kappa shape index (κ1) is 14.6. The van der Waals surface area contributed by atoms with E-state index in [0.29, 0.717) is 0 Å². The molecule has 0 saturated carbocycles. The van der Waals surface area contributed by atoms with Crippen LogP contribution in [0, 0.1) is 6.92 Å². The Hall–Kier alpha value is -1.83. The average molecular weight is 292 g/mol. The monoisotopic (exact) mass is 292 g/mol. The largest absolute Gasteiger partial charge is 0.488 e. The summed E-state index contributed by atoms with van der Waals surface area (Å²) in [6, 6.07) is 11.9. The predicted octanol–water partition coefficient (Wildman–Crippen LogP) is 0.443. The third-order valence-electron chi connectivity index (χ3n) is 2.67. The normalized spacial score (nSPS) is 11.2. The molecule has 104 valence electrons. The fourth-order valence-electron chi connectivity index (χ4n) is 1.61. The summed E-state index contributed by atoms with van der Waals surface area (Å²) in [5.41, 5.74) is 1.09. The van der Waals surface area contributed by atoms with Crippen molar-refractivity contribution in [2.45, 2.75) is 11.8 Å². The van der Waals surface area contributed by atoms with Crippen molar-refractivity contribution in [3.63, 3.8) is 0 Å². The summed E-state index contributed by atoms with van der Waals surface area (Å²) >= 11 is 0. The molecule has 0 bridgehead atoms. The number of benzene rings is 2. The van der Waals surface area contributed by atoms with Crippen molar-refractivity contribution in [3.8, 4) is 5.75 Å². The molecule has 0 aliphatic carbocycles. The highest BCUT2D eigenvalue weighted by atomic mass is 32.2. The van der Waals surface area contributed by atoms with Crippen molar-refractivity contribution >= 4 is 22.7 Å². The zero-order valence-corrected chi connectivity index (χ0v) is 11.5. The van der Waals surface area contributed by atoms with Gasteiger partial charge in [-0.15, -0.1) is 0 Å². The van der Waals surface area contributed by atoms with E-state index in [4.69, 9.17) is 14.2 Å². The highest BCUT2D eigenvalue weighted by molar-refractivity contribution is 7.87. The van der Waals surface area contributed by atoms with Crippen molar-refractivity contribution in [2.75, 3.05) is 0 Å². The number of hydrogen-bond acceptors (Lipinski definition) is 5. The average Bonchev–Trinajstić information content (AvgIpc) is 2.39. The molecule has 0 aromatic heterocycles. The van der Waals surface area contributed by atoms with Gasteiger partial charge >= 0.3 is 17.2 Å². The molecule has 0 heterocycles. The first-order valence-electron chi connectivity index (χ1n) is 5.86. The molecule has 2 N–H and O–H groups in total. The summed E-state index contributed by atoms with van der Waals surface area (Å²) < 4.78 is 29.1. The van der Waals surface area contributed by atoms with Crippen molar-refractivity contribution in [3.05, 3.63) is 54.1 Å². The van der Waals surface area contributed by atoms with E-state index < -0.39 is 17.2 Å². The maximum Gasteiger partial charge on any atom is 0.488 e. The fourth-order valence-corrected chi connectivity index (χ4v) is 2.53. The molecule has 0 atom stereocenters. The van der Waals surface area contributed by atoms with Crippen LogP contribution in [0.3, 0.4) is 0 Å². The Morgan fingerprint density at radius 2 is 1.70 bits per heavy atom. The van der Waals surface area contributed by atoms with Crippen LogP contribution in [-0.4, -0.2) is 25.6 Å². The minimum Gasteiger partial charge on any atom is -0.423 e. The molecule has 0 unspecified atom stereocenters. The Morgan fingerprint density at radius 1 is 1.05 bits per heavy atom. The van der Waals surface area contributed by atoms with E-state index in [9.17, 15) is 8.42 Å². The minimum atomic E-state index is -3.94. The molecule has 2 aromatic carbocycles. The van der Waals surface area contributed by atoms with Crippen LogP contribution in [0.2, 0.25) is 0 Å². The Kier molecular flexibility index (Phi) is 4.13. The fraction of sp³-hybridized carbons (Fsp3) is 0.0769. The van der Waals surface area contributed by atoms with E-state index >= 15 is 0 Å². The Morgan fingerprint density at radius 3 is 2.30 bits per heavy atom. The Labute approximate surface area is 117 Å². The topological polar surface area (TPSA) is 83.8 Å². The van der Waals surface area contributed by atoms with Crippen LogP contribution in [0.4, 0.5) is 0 Å². The molecule has 2 rings (SSSR count). The molecule has 0 aliphatic rings. The van der Waals surface area contributed by atoms with Gasteiger partial charge in [0.25, 0.3) is 0 Å². The second-order valence-corrected chi connectivity index (χ2v) is 5.84. The third-order valence-corrected chi connectivity index (χ3v) is 3.93. The van der Waals surface area contributed by atoms with Gasteiger partial charge < -0.3 is 14.2 Å². The minimum absolute atomic E-state index is 0.0242. The van der Waals surface area contributed by atoms with E-state index in [2.05, 4.69) is 0 Å². The van der Waals surface area contributed by atoms with Crippen molar-refractivity contribution in [1.82, 2.24) is 0 Å². The van der Waals surface area contributed by atoms with Crippen LogP contribution >= 0.6 is 0 Å². The molecular weight excluding hydrogens is 279 g/mol. The summed E-state index contributed by atoms with van der Waals surface area (Å²) in [6.45, 7) is 1.85. The van der Waals surface area contributed by atoms with Gasteiger partial charge in [0.1, 0.15) is 10.6 Å². The van der Waals surface area contributed by atoms with Crippen LogP contribution in [0.25, 0.3) is 0 Å². The molecular formula is C13H13BO5S. The first-order chi connectivity index (χ1) is 9.38. The van der Waals surface area contributed by atoms with Crippen molar-refractivity contribution in [2.24, 2.45) is 0 Å². The highest BCUT2D eigenvalue weighted by Crippen LogP contribution is 2.18. The Balaban J connectivity index is 2.28. The molecule has 0 radical (unpaired) electrons. The van der Waals surface area contributed by atoms with Gasteiger partial charge in [0.05, 0.1) is 0 Å². The van der Waals surface area contributed by atoms with E-state index in [0.717, 1.165) is 5.56 Å². The zero-order chi connectivity index (χ0) is 14.8. The van der Waals surface area contributed by atoms with Gasteiger partial charge in [-0.25, -0.2) is 0 Å². The molecule has 0 aliphatic heterocycles. The van der Waals surface area contributed by atoms with Gasteiger partial charge in [0.2, 0.25) is 0 Å². The first-order valence-corrected chi connectivity index (χ1v) is 7.26. The Bertz CT molecular complexity index is 695. The lowest BCUT2D eigenvalue weighted by Crippen LogP contribution is -2.29. The zero-order valence-electron chi connectivity index (χ0n) is 10.7. The van der Waals surface area contributed by atoms with Crippen LogP contribution in [-0.2, 0) is 10.1 Å². The standard InChI is InChI=1S/C13H13BO5S/c1-10-5-7-13(8-6-10)20(17,18)19-12-4-2-3-11(9-12)14(15)16/h2-9,15-16H,1H3. The van der Waals surface area contributed by atoms with Gasteiger partial charge in [0.15, 0.2) is 0 Å². The molecule has 2 aromatic rings. The second kappa shape index (κ2) is 5.66. The van der Waals surface area contributed by atoms with E-state index in [1.54, 1.807) is 12.1 Å². The molecule has 0 saturated heterocycles. The molecule has 7 heteroatoms. The lowest BCUT2D eigenvalue weighted by Gasteiger charge is -2.08. The van der Waals surface area contributed by atoms with Crippen LogP contribution in [0.5, 0.6) is 5.75 Å². The molecule has 0 spiro atoms. The smallest absolute Gasteiger partial charge is 0.423 e. The van der Waals surface area contributed by atoms with E-state index in [1.807, 2.05) is 6.92 Å². The summed E-state index contributed by atoms with van der Waals surface area (Å²) in [4.78, 5) is 0.0399. The van der Waals surface area contributed by atoms with Gasteiger partial charge in [-0.2, -0.15) is 8.42 Å². The van der Waals surface area contributed by atoms with E-state index in [-0.39, 0.29) is 16.1 Å². The SMILES string of the molecule is Cc1ccc(S(=O)(=O)Oc2cccc(B(O)O)c2)cc1. The maximum atomic E-state index is 12.0. The second-order valence-electron chi connectivity index (χ2n) is 4.30. The summed E-state index contributed by atoms with van der Waals surface area (Å²) in [6.07, 6.45) is 0. The highest BCUT2D eigenvalue weighted by Gasteiger charge is 2.18. The van der Waals surface area contributed by atoms with Crippen LogP contribution in [0.1, 0.15) is 5.56 Å². The van der Waals surface area contributed by atoms with Crippen molar-refractivity contribution < 1.29 is 22.6 Å². The number of aryl methyl sites for hydroxylation is 1. The van der Waals surface area contributed by atoms with Gasteiger partial charge in [-0.1, -0.05) is 29.8 Å². The van der Waals surface area contributed by atoms with Gasteiger partial charge in [-0.05, 0) is 36.7 Å². The lowest BCUT2D eigenvalue weighted by molar-refractivity contribution is 0.425. The quantitative estimate of drug-likeness (QED) is 0.631. The molecule has 0 amide bonds. The third kappa shape index (κ3) is 3.38. The van der Waals surface area contributed by atoms with Gasteiger partial charge in [-0.3, -0.25) is 0 Å². The number of hydrogen-bond donors (Lipinski definition) is 2. The molecule has 5 nitrogen and oxygen atoms in total. The summed E-state index contributed by atoms with van der Waals surface area (Å²) in [7, 11) is -5.62.